The number of nitrogens with one attached hydrogen (secondary N) is 1. The Morgan fingerprint density at radius 3 is 1.67 bits per heavy atom. The van der Waals surface area contributed by atoms with Crippen molar-refractivity contribution in [3.8, 4) is 0 Å². The quantitative estimate of drug-likeness (QED) is 0.742. The summed E-state index contributed by atoms with van der Waals surface area (Å²) in [4.78, 5) is 0. The zero-order chi connectivity index (χ0) is 11.6. The van der Waals surface area contributed by atoms with Gasteiger partial charge in [-0.2, -0.15) is 0 Å². The van der Waals surface area contributed by atoms with Gasteiger partial charge >= 0.3 is 0 Å². The average Bonchev–Trinajstić information content (AvgIpc) is 2.17. The Balaban J connectivity index is 3.33. The summed E-state index contributed by atoms with van der Waals surface area (Å²) in [5.74, 6) is 0.937. The molecule has 0 aliphatic rings. The first-order chi connectivity index (χ1) is 6.97. The summed E-state index contributed by atoms with van der Waals surface area (Å²) in [7, 11) is 1.94. The van der Waals surface area contributed by atoms with Gasteiger partial charge in [-0.05, 0) is 35.1 Å². The van der Waals surface area contributed by atoms with E-state index in [4.69, 9.17) is 5.73 Å². The number of nitrogens with two attached hydrogens (primary N) is 1. The van der Waals surface area contributed by atoms with Gasteiger partial charge in [-0.25, -0.2) is 0 Å². The lowest BCUT2D eigenvalue weighted by atomic mass is 9.92. The van der Waals surface area contributed by atoms with Crippen molar-refractivity contribution in [2.75, 3.05) is 18.1 Å². The Hall–Kier alpha value is -1.18. The van der Waals surface area contributed by atoms with Crippen LogP contribution in [0.3, 0.4) is 0 Å². The monoisotopic (exact) mass is 206 g/mol. The Morgan fingerprint density at radius 2 is 1.40 bits per heavy atom. The summed E-state index contributed by atoms with van der Waals surface area (Å²) < 4.78 is 0. The van der Waals surface area contributed by atoms with Crippen molar-refractivity contribution in [3.05, 3.63) is 23.3 Å². The third-order valence-corrected chi connectivity index (χ3v) is 2.78. The molecular weight excluding hydrogens is 184 g/mol. The van der Waals surface area contributed by atoms with Gasteiger partial charge in [-0.15, -0.1) is 0 Å². The Labute approximate surface area is 92.9 Å². The molecule has 0 spiro atoms. The molecule has 0 aromatic heterocycles. The van der Waals surface area contributed by atoms with Gasteiger partial charge in [0.1, 0.15) is 0 Å². The van der Waals surface area contributed by atoms with E-state index in [2.05, 4.69) is 45.1 Å². The van der Waals surface area contributed by atoms with Crippen LogP contribution in [0.25, 0.3) is 0 Å². The van der Waals surface area contributed by atoms with Crippen LogP contribution in [0.4, 0.5) is 11.4 Å². The minimum absolute atomic E-state index is 0.468. The molecule has 0 radical (unpaired) electrons. The fourth-order valence-corrected chi connectivity index (χ4v) is 1.80. The van der Waals surface area contributed by atoms with Crippen molar-refractivity contribution >= 4 is 11.4 Å². The van der Waals surface area contributed by atoms with Crippen LogP contribution in [0, 0.1) is 0 Å². The van der Waals surface area contributed by atoms with Crippen molar-refractivity contribution in [2.24, 2.45) is 0 Å². The average molecular weight is 206 g/mol. The van der Waals surface area contributed by atoms with Gasteiger partial charge in [0.15, 0.2) is 0 Å². The summed E-state index contributed by atoms with van der Waals surface area (Å²) in [6.45, 7) is 8.70. The van der Waals surface area contributed by atoms with E-state index in [-0.39, 0.29) is 0 Å². The van der Waals surface area contributed by atoms with E-state index >= 15 is 0 Å². The maximum absolute atomic E-state index is 6.18. The zero-order valence-corrected chi connectivity index (χ0v) is 10.4. The van der Waals surface area contributed by atoms with Gasteiger partial charge in [-0.3, -0.25) is 0 Å². The van der Waals surface area contributed by atoms with Crippen LogP contribution in [0.15, 0.2) is 12.1 Å². The molecule has 0 atom stereocenters. The molecule has 1 aromatic rings. The molecule has 0 unspecified atom stereocenters. The van der Waals surface area contributed by atoms with Gasteiger partial charge in [0, 0.05) is 18.4 Å². The van der Waals surface area contributed by atoms with Gasteiger partial charge in [-0.1, -0.05) is 27.7 Å². The molecule has 0 bridgehead atoms. The van der Waals surface area contributed by atoms with Gasteiger partial charge in [0.25, 0.3) is 0 Å². The second-order valence-corrected chi connectivity index (χ2v) is 4.63. The fraction of sp³-hybridized carbons (Fsp3) is 0.538. The normalized spacial score (nSPS) is 11.1. The smallest absolute Gasteiger partial charge is 0.0385 e. The minimum atomic E-state index is 0.468. The van der Waals surface area contributed by atoms with Crippen LogP contribution >= 0.6 is 0 Å². The van der Waals surface area contributed by atoms with Crippen molar-refractivity contribution < 1.29 is 0 Å². The fourth-order valence-electron chi connectivity index (χ4n) is 1.80. The number of hydrogen-bond donors (Lipinski definition) is 2. The first-order valence-electron chi connectivity index (χ1n) is 5.58. The summed E-state index contributed by atoms with van der Waals surface area (Å²) in [5, 5.41) is 3.19. The van der Waals surface area contributed by atoms with Crippen LogP contribution in [0.5, 0.6) is 0 Å². The van der Waals surface area contributed by atoms with E-state index < -0.39 is 0 Å². The van der Waals surface area contributed by atoms with Gasteiger partial charge in [0.05, 0.1) is 0 Å². The lowest BCUT2D eigenvalue weighted by Gasteiger charge is -2.18. The van der Waals surface area contributed by atoms with E-state index in [9.17, 15) is 0 Å². The molecule has 0 saturated heterocycles. The van der Waals surface area contributed by atoms with E-state index in [0.717, 1.165) is 11.4 Å². The highest BCUT2D eigenvalue weighted by molar-refractivity contribution is 5.64. The van der Waals surface area contributed by atoms with Crippen molar-refractivity contribution in [2.45, 2.75) is 39.5 Å². The molecule has 1 rings (SSSR count). The third-order valence-electron chi connectivity index (χ3n) is 2.78. The Bertz CT molecular complexity index is 311. The Kier molecular flexibility index (Phi) is 3.61. The summed E-state index contributed by atoms with van der Waals surface area (Å²) in [5.41, 5.74) is 10.8. The zero-order valence-electron chi connectivity index (χ0n) is 10.4. The molecule has 0 heterocycles. The van der Waals surface area contributed by atoms with E-state index in [1.165, 1.54) is 11.1 Å². The highest BCUT2D eigenvalue weighted by Gasteiger charge is 2.12. The lowest BCUT2D eigenvalue weighted by molar-refractivity contribution is 0.840. The van der Waals surface area contributed by atoms with Crippen LogP contribution in [-0.4, -0.2) is 7.05 Å². The molecule has 0 aliphatic carbocycles. The molecule has 84 valence electrons. The topological polar surface area (TPSA) is 38.0 Å². The standard InChI is InChI=1S/C13H22N2/c1-8(2)11-6-10(15-5)7-12(9(3)4)13(11)14/h6-9,15H,14H2,1-5H3. The molecule has 3 N–H and O–H groups in total. The highest BCUT2D eigenvalue weighted by Crippen LogP contribution is 2.33. The van der Waals surface area contributed by atoms with Crippen LogP contribution in [-0.2, 0) is 0 Å². The number of rotatable bonds is 3. The first-order valence-corrected chi connectivity index (χ1v) is 5.58. The highest BCUT2D eigenvalue weighted by atomic mass is 14.8. The molecule has 0 fully saturated rings. The van der Waals surface area contributed by atoms with E-state index in [1.54, 1.807) is 0 Å². The molecule has 0 saturated carbocycles. The summed E-state index contributed by atoms with van der Waals surface area (Å²) in [6, 6.07) is 4.29. The van der Waals surface area contributed by atoms with Gasteiger partial charge in [0.2, 0.25) is 0 Å². The molecule has 2 nitrogen and oxygen atoms in total. The van der Waals surface area contributed by atoms with Crippen molar-refractivity contribution in [3.63, 3.8) is 0 Å². The van der Waals surface area contributed by atoms with Crippen LogP contribution in [0.1, 0.15) is 50.7 Å². The largest absolute Gasteiger partial charge is 0.398 e. The SMILES string of the molecule is CNc1cc(C(C)C)c(N)c(C(C)C)c1. The van der Waals surface area contributed by atoms with Crippen molar-refractivity contribution in [1.29, 1.82) is 0 Å². The van der Waals surface area contributed by atoms with Crippen LogP contribution in [0.2, 0.25) is 0 Å². The number of hydrogen-bond acceptors (Lipinski definition) is 2. The number of nitrogen functional groups attached to an aromatic ring is 1. The first kappa shape index (κ1) is 11.9. The van der Waals surface area contributed by atoms with E-state index in [0.29, 0.717) is 11.8 Å². The number of benzene rings is 1. The molecule has 15 heavy (non-hydrogen) atoms. The third kappa shape index (κ3) is 2.44. The van der Waals surface area contributed by atoms with E-state index in [1.807, 2.05) is 7.05 Å². The number of anilines is 2. The molecule has 0 aliphatic heterocycles. The lowest BCUT2D eigenvalue weighted by Crippen LogP contribution is -2.04. The summed E-state index contributed by atoms with van der Waals surface area (Å²) >= 11 is 0. The summed E-state index contributed by atoms with van der Waals surface area (Å²) in [6.07, 6.45) is 0. The second-order valence-electron chi connectivity index (χ2n) is 4.63. The second kappa shape index (κ2) is 4.56. The van der Waals surface area contributed by atoms with Crippen molar-refractivity contribution in [1.82, 2.24) is 0 Å². The van der Waals surface area contributed by atoms with Gasteiger partial charge < -0.3 is 11.1 Å². The maximum Gasteiger partial charge on any atom is 0.0385 e. The molecule has 1 aromatic carbocycles. The molecule has 0 amide bonds. The van der Waals surface area contributed by atoms with Crippen LogP contribution < -0.4 is 11.1 Å². The minimum Gasteiger partial charge on any atom is -0.398 e. The predicted octanol–water partition coefficient (Wildman–Crippen LogP) is 3.56. The molecular formula is C13H22N2. The Morgan fingerprint density at radius 1 is 1.00 bits per heavy atom. The predicted molar refractivity (Wildman–Crippen MR) is 68.6 cm³/mol. The molecule has 2 heteroatoms. The maximum atomic E-state index is 6.18.